The highest BCUT2D eigenvalue weighted by Crippen LogP contribution is 2.32. The average molecular weight is 318 g/mol. The van der Waals surface area contributed by atoms with Crippen molar-refractivity contribution in [2.45, 2.75) is 25.8 Å². The molecule has 2 unspecified atom stereocenters. The first-order valence-electron chi connectivity index (χ1n) is 8.02. The van der Waals surface area contributed by atoms with Crippen LogP contribution in [0.5, 0.6) is 11.5 Å². The molecule has 0 saturated carbocycles. The van der Waals surface area contributed by atoms with Gasteiger partial charge in [0, 0.05) is 19.2 Å². The fourth-order valence-electron chi connectivity index (χ4n) is 3.26. The highest BCUT2D eigenvalue weighted by Gasteiger charge is 2.36. The molecule has 0 spiro atoms. The van der Waals surface area contributed by atoms with Gasteiger partial charge in [-0.25, -0.2) is 0 Å². The van der Waals surface area contributed by atoms with Crippen LogP contribution < -0.4 is 14.8 Å². The van der Waals surface area contributed by atoms with Crippen molar-refractivity contribution >= 4 is 11.8 Å². The molecule has 1 aromatic rings. The third kappa shape index (κ3) is 2.98. The van der Waals surface area contributed by atoms with Crippen molar-refractivity contribution in [1.82, 2.24) is 10.2 Å². The monoisotopic (exact) mass is 318 g/mol. The Hall–Kier alpha value is -2.24. The second-order valence-electron chi connectivity index (χ2n) is 5.93. The van der Waals surface area contributed by atoms with Crippen LogP contribution in [0.4, 0.5) is 0 Å². The van der Waals surface area contributed by atoms with Crippen molar-refractivity contribution in [3.8, 4) is 11.5 Å². The van der Waals surface area contributed by atoms with E-state index in [1.165, 1.54) is 0 Å². The summed E-state index contributed by atoms with van der Waals surface area (Å²) in [5, 5.41) is 2.82. The minimum atomic E-state index is -0.367. The zero-order valence-electron chi connectivity index (χ0n) is 13.5. The third-order valence-corrected chi connectivity index (χ3v) is 4.53. The molecule has 3 rings (SSSR count). The third-order valence-electron chi connectivity index (χ3n) is 4.53. The number of hydrogen-bond acceptors (Lipinski definition) is 4. The van der Waals surface area contributed by atoms with E-state index in [1.807, 2.05) is 25.1 Å². The Morgan fingerprint density at radius 1 is 1.48 bits per heavy atom. The standard InChI is InChI=1S/C17H22N2O4/c1-3-14-16(20)18-6-7-19(14)17(21)12-8-11-4-5-13(22-2)9-15(11)23-10-12/h4-5,9,12,14H,3,6-8,10H2,1-2H3,(H,18,20). The number of amides is 2. The van der Waals surface area contributed by atoms with Crippen LogP contribution in [0.2, 0.25) is 0 Å². The second-order valence-corrected chi connectivity index (χ2v) is 5.93. The molecule has 2 amide bonds. The zero-order chi connectivity index (χ0) is 16.4. The highest BCUT2D eigenvalue weighted by atomic mass is 16.5. The van der Waals surface area contributed by atoms with Crippen molar-refractivity contribution < 1.29 is 19.1 Å². The molecule has 0 bridgehead atoms. The van der Waals surface area contributed by atoms with E-state index < -0.39 is 0 Å². The summed E-state index contributed by atoms with van der Waals surface area (Å²) in [5.41, 5.74) is 1.00. The molecule has 6 heteroatoms. The lowest BCUT2D eigenvalue weighted by Gasteiger charge is -2.37. The molecule has 1 N–H and O–H groups in total. The molecular formula is C17H22N2O4. The summed E-state index contributed by atoms with van der Waals surface area (Å²) >= 11 is 0. The molecular weight excluding hydrogens is 296 g/mol. The van der Waals surface area contributed by atoms with Gasteiger partial charge < -0.3 is 19.7 Å². The largest absolute Gasteiger partial charge is 0.497 e. The number of ether oxygens (including phenoxy) is 2. The number of carbonyl (C=O) groups is 2. The van der Waals surface area contributed by atoms with Gasteiger partial charge in [-0.3, -0.25) is 9.59 Å². The molecule has 1 fully saturated rings. The Bertz CT molecular complexity index is 617. The summed E-state index contributed by atoms with van der Waals surface area (Å²) in [6, 6.07) is 5.29. The Morgan fingerprint density at radius 3 is 3.04 bits per heavy atom. The predicted molar refractivity (Wildman–Crippen MR) is 84.5 cm³/mol. The molecule has 23 heavy (non-hydrogen) atoms. The summed E-state index contributed by atoms with van der Waals surface area (Å²) in [6.07, 6.45) is 1.26. The van der Waals surface area contributed by atoms with E-state index in [0.717, 1.165) is 17.1 Å². The summed E-state index contributed by atoms with van der Waals surface area (Å²) < 4.78 is 10.9. The number of piperazine rings is 1. The maximum absolute atomic E-state index is 12.8. The fourth-order valence-corrected chi connectivity index (χ4v) is 3.26. The van der Waals surface area contributed by atoms with Gasteiger partial charge >= 0.3 is 0 Å². The first-order chi connectivity index (χ1) is 11.1. The van der Waals surface area contributed by atoms with Crippen LogP contribution in [0.25, 0.3) is 0 Å². The summed E-state index contributed by atoms with van der Waals surface area (Å²) in [4.78, 5) is 26.5. The number of nitrogens with zero attached hydrogens (tertiary/aromatic N) is 1. The van der Waals surface area contributed by atoms with Gasteiger partial charge in [-0.05, 0) is 24.5 Å². The van der Waals surface area contributed by atoms with Crippen molar-refractivity contribution in [1.29, 1.82) is 0 Å². The first kappa shape index (κ1) is 15.6. The number of rotatable bonds is 3. The number of methoxy groups -OCH3 is 1. The van der Waals surface area contributed by atoms with Gasteiger partial charge in [-0.1, -0.05) is 13.0 Å². The van der Waals surface area contributed by atoms with Crippen LogP contribution in [0.15, 0.2) is 18.2 Å². The zero-order valence-corrected chi connectivity index (χ0v) is 13.5. The van der Waals surface area contributed by atoms with E-state index in [1.54, 1.807) is 12.0 Å². The van der Waals surface area contributed by atoms with E-state index in [2.05, 4.69) is 5.32 Å². The van der Waals surface area contributed by atoms with E-state index in [4.69, 9.17) is 9.47 Å². The lowest BCUT2D eigenvalue weighted by Crippen LogP contribution is -2.58. The smallest absolute Gasteiger partial charge is 0.242 e. The topological polar surface area (TPSA) is 67.9 Å². The van der Waals surface area contributed by atoms with Crippen molar-refractivity contribution in [2.24, 2.45) is 5.92 Å². The summed E-state index contributed by atoms with van der Waals surface area (Å²) in [5.74, 6) is 1.22. The number of hydrogen-bond donors (Lipinski definition) is 1. The van der Waals surface area contributed by atoms with Crippen LogP contribution >= 0.6 is 0 Å². The van der Waals surface area contributed by atoms with Crippen molar-refractivity contribution in [3.63, 3.8) is 0 Å². The van der Waals surface area contributed by atoms with Crippen LogP contribution in [0.3, 0.4) is 0 Å². The van der Waals surface area contributed by atoms with Crippen LogP contribution in [0, 0.1) is 5.92 Å². The maximum Gasteiger partial charge on any atom is 0.242 e. The van der Waals surface area contributed by atoms with Gasteiger partial charge in [0.15, 0.2) is 0 Å². The van der Waals surface area contributed by atoms with E-state index in [9.17, 15) is 9.59 Å². The lowest BCUT2D eigenvalue weighted by atomic mass is 9.94. The Kier molecular flexibility index (Phi) is 4.41. The SMILES string of the molecule is CCC1C(=O)NCCN1C(=O)C1COc2cc(OC)ccc2C1. The molecule has 0 radical (unpaired) electrons. The Balaban J connectivity index is 1.74. The minimum Gasteiger partial charge on any atom is -0.497 e. The van der Waals surface area contributed by atoms with E-state index in [-0.39, 0.29) is 23.8 Å². The normalized spacial score (nSPS) is 23.6. The van der Waals surface area contributed by atoms with Gasteiger partial charge in [0.25, 0.3) is 0 Å². The molecule has 0 aliphatic carbocycles. The molecule has 2 aliphatic heterocycles. The predicted octanol–water partition coefficient (Wildman–Crippen LogP) is 0.983. The van der Waals surface area contributed by atoms with Gasteiger partial charge in [0.05, 0.1) is 13.0 Å². The molecule has 1 aromatic carbocycles. The van der Waals surface area contributed by atoms with Gasteiger partial charge in [0.1, 0.15) is 24.1 Å². The molecule has 1 saturated heterocycles. The number of carbonyl (C=O) groups excluding carboxylic acids is 2. The number of fused-ring (bicyclic) bond motifs is 1. The molecule has 6 nitrogen and oxygen atoms in total. The molecule has 0 aromatic heterocycles. The quantitative estimate of drug-likeness (QED) is 0.902. The first-order valence-corrected chi connectivity index (χ1v) is 8.02. The Morgan fingerprint density at radius 2 is 2.30 bits per heavy atom. The Labute approximate surface area is 135 Å². The fraction of sp³-hybridized carbons (Fsp3) is 0.529. The van der Waals surface area contributed by atoms with Gasteiger partial charge in [-0.2, -0.15) is 0 Å². The average Bonchev–Trinajstić information content (AvgIpc) is 2.59. The van der Waals surface area contributed by atoms with E-state index in [0.29, 0.717) is 32.5 Å². The van der Waals surface area contributed by atoms with Crippen LogP contribution in [-0.2, 0) is 16.0 Å². The summed E-state index contributed by atoms with van der Waals surface area (Å²) in [7, 11) is 1.61. The second kappa shape index (κ2) is 6.48. The number of nitrogens with one attached hydrogen (secondary N) is 1. The molecule has 2 atom stereocenters. The molecule has 124 valence electrons. The van der Waals surface area contributed by atoms with Crippen LogP contribution in [0.1, 0.15) is 18.9 Å². The van der Waals surface area contributed by atoms with Gasteiger partial charge in [0.2, 0.25) is 11.8 Å². The van der Waals surface area contributed by atoms with Crippen molar-refractivity contribution in [3.05, 3.63) is 23.8 Å². The number of benzene rings is 1. The molecule has 2 heterocycles. The van der Waals surface area contributed by atoms with Crippen molar-refractivity contribution in [2.75, 3.05) is 26.8 Å². The maximum atomic E-state index is 12.8. The highest BCUT2D eigenvalue weighted by molar-refractivity contribution is 5.90. The lowest BCUT2D eigenvalue weighted by molar-refractivity contribution is -0.147. The van der Waals surface area contributed by atoms with Crippen LogP contribution in [-0.4, -0.2) is 49.6 Å². The summed E-state index contributed by atoms with van der Waals surface area (Å²) in [6.45, 7) is 3.35. The molecule has 2 aliphatic rings. The van der Waals surface area contributed by atoms with Gasteiger partial charge in [-0.15, -0.1) is 0 Å². The van der Waals surface area contributed by atoms with E-state index >= 15 is 0 Å². The minimum absolute atomic E-state index is 0.00756.